The van der Waals surface area contributed by atoms with Crippen LogP contribution in [-0.2, 0) is 31.3 Å². The van der Waals surface area contributed by atoms with Crippen LogP contribution in [0.4, 0.5) is 0 Å². The van der Waals surface area contributed by atoms with Crippen LogP contribution in [0.15, 0.2) is 37.3 Å². The van der Waals surface area contributed by atoms with E-state index in [0.29, 0.717) is 0 Å². The average molecular weight is 365 g/mol. The van der Waals surface area contributed by atoms with Gasteiger partial charge in [0.05, 0.1) is 31.3 Å². The van der Waals surface area contributed by atoms with E-state index >= 15 is 0 Å². The minimum atomic E-state index is 0.0622. The third kappa shape index (κ3) is 3.15. The molecule has 1 atom stereocenters. The summed E-state index contributed by atoms with van der Waals surface area (Å²) in [5, 5.41) is 4.30. The van der Waals surface area contributed by atoms with Crippen LogP contribution in [0.2, 0.25) is 0 Å². The van der Waals surface area contributed by atoms with E-state index in [0.717, 1.165) is 62.9 Å². The predicted molar refractivity (Wildman–Crippen MR) is 98.7 cm³/mol. The monoisotopic (exact) mass is 365 g/mol. The highest BCUT2D eigenvalue weighted by Gasteiger charge is 2.42. The molecule has 8 nitrogen and oxygen atoms in total. The SMILES string of the molecule is Cn1cc(CN2CCOC[C@]3(Cc4ncc(-c5cncnc5)n4C3)C2)cn1. The normalized spacial score (nSPS) is 22.9. The molecule has 1 saturated heterocycles. The Morgan fingerprint density at radius 2 is 2.04 bits per heavy atom. The van der Waals surface area contributed by atoms with Crippen molar-refractivity contribution in [3.05, 3.63) is 48.7 Å². The van der Waals surface area contributed by atoms with Crippen LogP contribution in [0.1, 0.15) is 11.4 Å². The lowest BCUT2D eigenvalue weighted by Crippen LogP contribution is -2.39. The van der Waals surface area contributed by atoms with Gasteiger partial charge < -0.3 is 9.30 Å². The molecule has 0 aromatic carbocycles. The van der Waals surface area contributed by atoms with Gasteiger partial charge in [-0.05, 0) is 0 Å². The fraction of sp³-hybridized carbons (Fsp3) is 0.474. The standard InChI is InChI=1S/C19H23N7O/c1-24-9-15(5-23-24)10-25-2-3-27-13-19(11-25)4-18-22-8-17(26(18)12-19)16-6-20-14-21-7-16/h5-9,14H,2-4,10-13H2,1H3/t19-/m1/s1. The number of nitrogens with zero attached hydrogens (tertiary/aromatic N) is 7. The number of hydrogen-bond acceptors (Lipinski definition) is 6. The Balaban J connectivity index is 1.38. The van der Waals surface area contributed by atoms with Gasteiger partial charge in [0.2, 0.25) is 0 Å². The molecule has 140 valence electrons. The highest BCUT2D eigenvalue weighted by atomic mass is 16.5. The molecule has 0 bridgehead atoms. The van der Waals surface area contributed by atoms with Crippen molar-refractivity contribution in [2.45, 2.75) is 19.5 Å². The second-order valence-electron chi connectivity index (χ2n) is 7.74. The van der Waals surface area contributed by atoms with Crippen molar-refractivity contribution >= 4 is 0 Å². The lowest BCUT2D eigenvalue weighted by atomic mass is 9.86. The Morgan fingerprint density at radius 3 is 2.85 bits per heavy atom. The van der Waals surface area contributed by atoms with Gasteiger partial charge in [0.25, 0.3) is 0 Å². The summed E-state index contributed by atoms with van der Waals surface area (Å²) in [6.07, 6.45) is 12.2. The third-order valence-electron chi connectivity index (χ3n) is 5.50. The van der Waals surface area contributed by atoms with Gasteiger partial charge in [0.1, 0.15) is 12.2 Å². The number of hydrogen-bond donors (Lipinski definition) is 0. The number of fused-ring (bicyclic) bond motifs is 1. The number of aryl methyl sites for hydroxylation is 1. The molecule has 1 fully saturated rings. The first kappa shape index (κ1) is 16.6. The van der Waals surface area contributed by atoms with Crippen LogP contribution in [0.3, 0.4) is 0 Å². The maximum Gasteiger partial charge on any atom is 0.115 e. The third-order valence-corrected chi connectivity index (χ3v) is 5.50. The molecule has 3 aromatic heterocycles. The van der Waals surface area contributed by atoms with Gasteiger partial charge in [-0.25, -0.2) is 15.0 Å². The fourth-order valence-electron chi connectivity index (χ4n) is 4.35. The zero-order valence-corrected chi connectivity index (χ0v) is 15.5. The van der Waals surface area contributed by atoms with E-state index in [4.69, 9.17) is 4.74 Å². The summed E-state index contributed by atoms with van der Waals surface area (Å²) in [5.41, 5.74) is 3.40. The first-order valence-corrected chi connectivity index (χ1v) is 9.28. The first-order valence-electron chi connectivity index (χ1n) is 9.28. The quantitative estimate of drug-likeness (QED) is 0.693. The maximum absolute atomic E-state index is 6.02. The minimum Gasteiger partial charge on any atom is -0.379 e. The second kappa shape index (κ2) is 6.54. The lowest BCUT2D eigenvalue weighted by Gasteiger charge is -2.31. The van der Waals surface area contributed by atoms with E-state index in [-0.39, 0.29) is 5.41 Å². The summed E-state index contributed by atoms with van der Waals surface area (Å²) in [5.74, 6) is 1.13. The Hall–Kier alpha value is -2.58. The van der Waals surface area contributed by atoms with E-state index in [1.807, 2.05) is 36.5 Å². The average Bonchev–Trinajstić information content (AvgIpc) is 3.29. The zero-order chi connectivity index (χ0) is 18.3. The van der Waals surface area contributed by atoms with Crippen molar-refractivity contribution in [1.82, 2.24) is 34.2 Å². The fourth-order valence-corrected chi connectivity index (χ4v) is 4.35. The molecule has 3 aromatic rings. The van der Waals surface area contributed by atoms with E-state index in [2.05, 4.69) is 35.7 Å². The molecular formula is C19H23N7O. The molecule has 0 N–H and O–H groups in total. The molecule has 0 amide bonds. The van der Waals surface area contributed by atoms with Crippen molar-refractivity contribution in [3.8, 4) is 11.3 Å². The summed E-state index contributed by atoms with van der Waals surface area (Å²) < 4.78 is 10.2. The van der Waals surface area contributed by atoms with Crippen LogP contribution >= 0.6 is 0 Å². The van der Waals surface area contributed by atoms with Crippen molar-refractivity contribution in [1.29, 1.82) is 0 Å². The smallest absolute Gasteiger partial charge is 0.115 e. The molecular weight excluding hydrogens is 342 g/mol. The van der Waals surface area contributed by atoms with Gasteiger partial charge >= 0.3 is 0 Å². The van der Waals surface area contributed by atoms with Gasteiger partial charge in [-0.15, -0.1) is 0 Å². The van der Waals surface area contributed by atoms with E-state index in [1.165, 1.54) is 5.56 Å². The largest absolute Gasteiger partial charge is 0.379 e. The highest BCUT2D eigenvalue weighted by Crippen LogP contribution is 2.38. The van der Waals surface area contributed by atoms with Gasteiger partial charge in [-0.3, -0.25) is 9.58 Å². The Kier molecular flexibility index (Phi) is 4.02. The van der Waals surface area contributed by atoms with Gasteiger partial charge in [0.15, 0.2) is 0 Å². The Bertz CT molecular complexity index is 935. The van der Waals surface area contributed by atoms with Crippen molar-refractivity contribution < 1.29 is 4.74 Å². The van der Waals surface area contributed by atoms with Crippen LogP contribution in [0, 0.1) is 5.41 Å². The number of ether oxygens (including phenoxy) is 1. The Labute approximate surface area is 157 Å². The molecule has 8 heteroatoms. The summed E-state index contributed by atoms with van der Waals surface area (Å²) >= 11 is 0. The zero-order valence-electron chi connectivity index (χ0n) is 15.5. The van der Waals surface area contributed by atoms with Gasteiger partial charge in [-0.2, -0.15) is 5.10 Å². The molecule has 0 aliphatic carbocycles. The summed E-state index contributed by atoms with van der Waals surface area (Å²) in [7, 11) is 1.96. The highest BCUT2D eigenvalue weighted by molar-refractivity contribution is 5.57. The second-order valence-corrected chi connectivity index (χ2v) is 7.74. The van der Waals surface area contributed by atoms with Crippen molar-refractivity contribution in [2.24, 2.45) is 12.5 Å². The van der Waals surface area contributed by atoms with Crippen molar-refractivity contribution in [2.75, 3.05) is 26.3 Å². The van der Waals surface area contributed by atoms with Crippen LogP contribution in [0.5, 0.6) is 0 Å². The molecule has 2 aliphatic rings. The molecule has 2 aliphatic heterocycles. The molecule has 0 radical (unpaired) electrons. The van der Waals surface area contributed by atoms with Gasteiger partial charge in [-0.1, -0.05) is 0 Å². The van der Waals surface area contributed by atoms with Crippen LogP contribution in [-0.4, -0.2) is 60.5 Å². The predicted octanol–water partition coefficient (Wildman–Crippen LogP) is 1.15. The lowest BCUT2D eigenvalue weighted by molar-refractivity contribution is 0.0668. The van der Waals surface area contributed by atoms with E-state index in [9.17, 15) is 0 Å². The minimum absolute atomic E-state index is 0.0622. The summed E-state index contributed by atoms with van der Waals surface area (Å²) in [6.45, 7) is 5.29. The maximum atomic E-state index is 6.02. The topological polar surface area (TPSA) is 73.9 Å². The molecule has 5 heterocycles. The number of rotatable bonds is 3. The van der Waals surface area contributed by atoms with E-state index in [1.54, 1.807) is 6.33 Å². The Morgan fingerprint density at radius 1 is 1.15 bits per heavy atom. The van der Waals surface area contributed by atoms with Crippen molar-refractivity contribution in [3.63, 3.8) is 0 Å². The van der Waals surface area contributed by atoms with E-state index < -0.39 is 0 Å². The summed E-state index contributed by atoms with van der Waals surface area (Å²) in [6, 6.07) is 0. The van der Waals surface area contributed by atoms with Crippen LogP contribution in [0.25, 0.3) is 11.3 Å². The number of aromatic nitrogens is 6. The molecule has 0 saturated carbocycles. The first-order chi connectivity index (χ1) is 13.2. The molecule has 27 heavy (non-hydrogen) atoms. The molecule has 0 unspecified atom stereocenters. The van der Waals surface area contributed by atoms with Gasteiger partial charge in [0, 0.05) is 74.8 Å². The molecule has 5 rings (SSSR count). The van der Waals surface area contributed by atoms with Crippen LogP contribution < -0.4 is 0 Å². The number of imidazole rings is 1. The molecule has 1 spiro atoms. The summed E-state index contributed by atoms with van der Waals surface area (Å²) in [4.78, 5) is 15.5.